The highest BCUT2D eigenvalue weighted by molar-refractivity contribution is 5.80. The van der Waals surface area contributed by atoms with Crippen LogP contribution >= 0.6 is 0 Å². The third-order valence-corrected chi connectivity index (χ3v) is 3.99. The molecule has 1 aromatic heterocycles. The summed E-state index contributed by atoms with van der Waals surface area (Å²) in [4.78, 5) is 19.9. The van der Waals surface area contributed by atoms with Crippen molar-refractivity contribution < 1.29 is 9.53 Å². The molecule has 6 nitrogen and oxygen atoms in total. The molecule has 1 saturated heterocycles. The molecule has 0 aliphatic carbocycles. The van der Waals surface area contributed by atoms with Crippen molar-refractivity contribution in [1.29, 1.82) is 0 Å². The van der Waals surface area contributed by atoms with E-state index in [-0.39, 0.29) is 18.6 Å². The lowest BCUT2D eigenvalue weighted by Gasteiger charge is -2.35. The maximum absolute atomic E-state index is 11.0. The Kier molecular flexibility index (Phi) is 4.73. The van der Waals surface area contributed by atoms with E-state index in [4.69, 9.17) is 15.5 Å². The maximum atomic E-state index is 11.0. The molecule has 2 heterocycles. The van der Waals surface area contributed by atoms with Crippen molar-refractivity contribution in [2.24, 2.45) is 5.73 Å². The minimum atomic E-state index is -0.323. The summed E-state index contributed by atoms with van der Waals surface area (Å²) in [6.07, 6.45) is 0.0429. The van der Waals surface area contributed by atoms with Crippen molar-refractivity contribution in [3.05, 3.63) is 36.4 Å². The van der Waals surface area contributed by atoms with Crippen LogP contribution < -0.4 is 10.6 Å². The Morgan fingerprint density at radius 3 is 3.04 bits per heavy atom. The lowest BCUT2D eigenvalue weighted by atomic mass is 10.2. The number of nitrogens with zero attached hydrogens (tertiary/aromatic N) is 3. The lowest BCUT2D eigenvalue weighted by molar-refractivity contribution is -0.119. The van der Waals surface area contributed by atoms with Gasteiger partial charge in [0.25, 0.3) is 0 Å². The van der Waals surface area contributed by atoms with E-state index in [1.54, 1.807) is 0 Å². The maximum Gasteiger partial charge on any atom is 0.231 e. The predicted molar refractivity (Wildman–Crippen MR) is 90.4 cm³/mol. The number of morpholine rings is 1. The van der Waals surface area contributed by atoms with Crippen LogP contribution in [0.15, 0.2) is 36.4 Å². The Bertz CT molecular complexity index is 691. The summed E-state index contributed by atoms with van der Waals surface area (Å²) in [5, 5.41) is 1.14. The van der Waals surface area contributed by atoms with Crippen molar-refractivity contribution in [1.82, 2.24) is 9.88 Å². The molecule has 2 aromatic rings. The zero-order valence-corrected chi connectivity index (χ0v) is 13.3. The highest BCUT2D eigenvalue weighted by Crippen LogP contribution is 2.20. The number of para-hydroxylation sites is 1. The van der Waals surface area contributed by atoms with Crippen molar-refractivity contribution >= 4 is 22.6 Å². The average molecular weight is 314 g/mol. The van der Waals surface area contributed by atoms with Crippen LogP contribution in [0.3, 0.4) is 0 Å². The summed E-state index contributed by atoms with van der Waals surface area (Å²) in [5.74, 6) is 0.644. The highest BCUT2D eigenvalue weighted by atomic mass is 16.5. The van der Waals surface area contributed by atoms with Gasteiger partial charge in [0.15, 0.2) is 0 Å². The van der Waals surface area contributed by atoms with Crippen LogP contribution in [0.1, 0.15) is 0 Å². The molecular weight excluding hydrogens is 292 g/mol. The molecule has 1 unspecified atom stereocenters. The highest BCUT2D eigenvalue weighted by Gasteiger charge is 2.23. The van der Waals surface area contributed by atoms with Gasteiger partial charge >= 0.3 is 0 Å². The Labute approximate surface area is 135 Å². The van der Waals surface area contributed by atoms with Gasteiger partial charge in [-0.1, -0.05) is 18.2 Å². The predicted octanol–water partition coefficient (Wildman–Crippen LogP) is 0.857. The topological polar surface area (TPSA) is 71.7 Å². The molecule has 0 saturated carbocycles. The second-order valence-electron chi connectivity index (χ2n) is 5.96. The van der Waals surface area contributed by atoms with Crippen molar-refractivity contribution in [3.63, 3.8) is 0 Å². The molecule has 0 radical (unpaired) electrons. The fraction of sp³-hybridized carbons (Fsp3) is 0.412. The number of aromatic nitrogens is 1. The average Bonchev–Trinajstić information content (AvgIpc) is 2.54. The fourth-order valence-electron chi connectivity index (χ4n) is 2.95. The number of pyridine rings is 1. The van der Waals surface area contributed by atoms with Gasteiger partial charge in [-0.2, -0.15) is 0 Å². The molecule has 3 rings (SSSR count). The Morgan fingerprint density at radius 2 is 2.22 bits per heavy atom. The van der Waals surface area contributed by atoms with Crippen LogP contribution in [0.5, 0.6) is 0 Å². The molecule has 1 atom stereocenters. The SMILES string of the molecule is CN(CC(N)=O)CC1CN(c2ccc3ccccc3n2)CCO1. The van der Waals surface area contributed by atoms with Crippen LogP contribution in [0.2, 0.25) is 0 Å². The third kappa shape index (κ3) is 3.97. The number of rotatable bonds is 5. The summed E-state index contributed by atoms with van der Waals surface area (Å²) >= 11 is 0. The number of carbonyl (C=O) groups excluding carboxylic acids is 1. The minimum Gasteiger partial charge on any atom is -0.373 e. The molecule has 1 fully saturated rings. The van der Waals surface area contributed by atoms with Gasteiger partial charge in [-0.25, -0.2) is 4.98 Å². The van der Waals surface area contributed by atoms with Gasteiger partial charge in [0.2, 0.25) is 5.91 Å². The number of amides is 1. The number of nitrogens with two attached hydrogens (primary N) is 1. The second-order valence-corrected chi connectivity index (χ2v) is 5.96. The standard InChI is InChI=1S/C17H22N4O2/c1-20(12-16(18)22)10-14-11-21(8-9-23-14)17-7-6-13-4-2-3-5-15(13)19-17/h2-7,14H,8-12H2,1H3,(H2,18,22). The summed E-state index contributed by atoms with van der Waals surface area (Å²) in [5.41, 5.74) is 6.23. The van der Waals surface area contributed by atoms with Crippen molar-refractivity contribution in [3.8, 4) is 0 Å². The van der Waals surface area contributed by atoms with Gasteiger partial charge in [-0.15, -0.1) is 0 Å². The first-order valence-electron chi connectivity index (χ1n) is 7.81. The van der Waals surface area contributed by atoms with E-state index >= 15 is 0 Å². The molecule has 6 heteroatoms. The van der Waals surface area contributed by atoms with Crippen LogP contribution in [-0.2, 0) is 9.53 Å². The summed E-state index contributed by atoms with van der Waals surface area (Å²) in [6.45, 7) is 3.15. The number of primary amides is 1. The normalized spacial score (nSPS) is 18.5. The zero-order chi connectivity index (χ0) is 16.2. The lowest BCUT2D eigenvalue weighted by Crippen LogP contribution is -2.48. The molecule has 23 heavy (non-hydrogen) atoms. The van der Waals surface area contributed by atoms with Crippen molar-refractivity contribution in [2.75, 3.05) is 44.7 Å². The van der Waals surface area contributed by atoms with Gasteiger partial charge in [0, 0.05) is 25.0 Å². The third-order valence-electron chi connectivity index (χ3n) is 3.99. The van der Waals surface area contributed by atoms with E-state index in [1.807, 2.05) is 30.1 Å². The molecule has 1 amide bonds. The molecule has 0 spiro atoms. The van der Waals surface area contributed by atoms with E-state index in [9.17, 15) is 4.79 Å². The largest absolute Gasteiger partial charge is 0.373 e. The number of hydrogen-bond donors (Lipinski definition) is 1. The number of carbonyl (C=O) groups is 1. The number of benzene rings is 1. The Morgan fingerprint density at radius 1 is 1.39 bits per heavy atom. The van der Waals surface area contributed by atoms with Gasteiger partial charge < -0.3 is 15.4 Å². The van der Waals surface area contributed by atoms with E-state index in [1.165, 1.54) is 0 Å². The number of ether oxygens (including phenoxy) is 1. The monoisotopic (exact) mass is 314 g/mol. The summed E-state index contributed by atoms with van der Waals surface area (Å²) in [6, 6.07) is 12.3. The van der Waals surface area contributed by atoms with E-state index in [0.717, 1.165) is 29.8 Å². The zero-order valence-electron chi connectivity index (χ0n) is 13.3. The van der Waals surface area contributed by atoms with E-state index in [0.29, 0.717) is 13.2 Å². The molecule has 0 bridgehead atoms. The summed E-state index contributed by atoms with van der Waals surface area (Å²) in [7, 11) is 1.88. The van der Waals surface area contributed by atoms with Crippen molar-refractivity contribution in [2.45, 2.75) is 6.10 Å². The van der Waals surface area contributed by atoms with Gasteiger partial charge in [-0.3, -0.25) is 9.69 Å². The number of fused-ring (bicyclic) bond motifs is 1. The molecule has 1 aromatic carbocycles. The molecule has 122 valence electrons. The van der Waals surface area contributed by atoms with Crippen LogP contribution in [-0.4, -0.2) is 61.7 Å². The smallest absolute Gasteiger partial charge is 0.231 e. The molecular formula is C17H22N4O2. The quantitative estimate of drug-likeness (QED) is 0.886. The number of anilines is 1. The van der Waals surface area contributed by atoms with Crippen LogP contribution in [0, 0.1) is 0 Å². The molecule has 2 N–H and O–H groups in total. The minimum absolute atomic E-state index is 0.0429. The Balaban J connectivity index is 1.68. The fourth-order valence-corrected chi connectivity index (χ4v) is 2.95. The van der Waals surface area contributed by atoms with Crippen LogP contribution in [0.4, 0.5) is 5.82 Å². The second kappa shape index (κ2) is 6.93. The van der Waals surface area contributed by atoms with E-state index in [2.05, 4.69) is 23.1 Å². The first kappa shape index (κ1) is 15.7. The first-order valence-corrected chi connectivity index (χ1v) is 7.81. The van der Waals surface area contributed by atoms with Crippen LogP contribution in [0.25, 0.3) is 10.9 Å². The van der Waals surface area contributed by atoms with E-state index < -0.39 is 0 Å². The summed E-state index contributed by atoms with van der Waals surface area (Å²) < 4.78 is 5.81. The molecule has 1 aliphatic heterocycles. The number of hydrogen-bond acceptors (Lipinski definition) is 5. The molecule has 1 aliphatic rings. The first-order chi connectivity index (χ1) is 11.1. The van der Waals surface area contributed by atoms with Gasteiger partial charge in [-0.05, 0) is 25.2 Å². The van der Waals surface area contributed by atoms with Gasteiger partial charge in [0.05, 0.1) is 24.8 Å². The number of likely N-dealkylation sites (N-methyl/N-ethyl adjacent to an activating group) is 1. The Hall–Kier alpha value is -2.18. The van der Waals surface area contributed by atoms with Gasteiger partial charge in [0.1, 0.15) is 5.82 Å².